The average molecular weight is 404 g/mol. The average Bonchev–Trinajstić information content (AvgIpc) is 3.08. The molecule has 0 spiro atoms. The van der Waals surface area contributed by atoms with E-state index >= 15 is 0 Å². The zero-order chi connectivity index (χ0) is 20.7. The number of nitrogens with one attached hydrogen (secondary N) is 1. The fraction of sp³-hybridized carbons (Fsp3) is 0.421. The van der Waals surface area contributed by atoms with Crippen LogP contribution in [0.1, 0.15) is 18.6 Å². The van der Waals surface area contributed by atoms with E-state index in [-0.39, 0.29) is 16.8 Å². The molecule has 0 amide bonds. The van der Waals surface area contributed by atoms with Gasteiger partial charge in [-0.25, -0.2) is 13.5 Å². The quantitative estimate of drug-likeness (QED) is 0.716. The smallest absolute Gasteiger partial charge is 0.279 e. The van der Waals surface area contributed by atoms with Gasteiger partial charge >= 0.3 is 0 Å². The molecule has 0 aliphatic carbocycles. The van der Waals surface area contributed by atoms with Gasteiger partial charge in [0.2, 0.25) is 0 Å². The SMILES string of the molecule is COC(C)c1cc(F)c(N2CCN(c3cc4c(nnn4C)c(=O)[nH]3)CC2)c(F)c1. The van der Waals surface area contributed by atoms with Crippen LogP contribution in [0.25, 0.3) is 11.0 Å². The maximum absolute atomic E-state index is 14.6. The van der Waals surface area contributed by atoms with Crippen molar-refractivity contribution >= 4 is 22.5 Å². The van der Waals surface area contributed by atoms with E-state index in [2.05, 4.69) is 15.3 Å². The molecule has 2 aromatic heterocycles. The minimum atomic E-state index is -0.604. The fourth-order valence-electron chi connectivity index (χ4n) is 3.63. The number of hydrogen-bond donors (Lipinski definition) is 1. The summed E-state index contributed by atoms with van der Waals surface area (Å²) in [5.41, 5.74) is 1.03. The number of methoxy groups -OCH3 is 1. The van der Waals surface area contributed by atoms with E-state index in [4.69, 9.17) is 4.74 Å². The third-order valence-electron chi connectivity index (χ3n) is 5.40. The number of benzene rings is 1. The summed E-state index contributed by atoms with van der Waals surface area (Å²) in [6.45, 7) is 3.57. The Morgan fingerprint density at radius 1 is 1.10 bits per heavy atom. The lowest BCUT2D eigenvalue weighted by Crippen LogP contribution is -2.47. The molecular formula is C19H22F2N6O2. The Balaban J connectivity index is 1.54. The van der Waals surface area contributed by atoms with Crippen molar-refractivity contribution in [3.8, 4) is 0 Å². The number of fused-ring (bicyclic) bond motifs is 1. The zero-order valence-corrected chi connectivity index (χ0v) is 16.4. The Labute approximate surface area is 165 Å². The molecule has 0 bridgehead atoms. The van der Waals surface area contributed by atoms with Crippen molar-refractivity contribution in [1.82, 2.24) is 20.0 Å². The topological polar surface area (TPSA) is 79.3 Å². The maximum Gasteiger partial charge on any atom is 0.279 e. The van der Waals surface area contributed by atoms with Gasteiger partial charge < -0.3 is 19.5 Å². The van der Waals surface area contributed by atoms with Gasteiger partial charge in [-0.3, -0.25) is 4.79 Å². The lowest BCUT2D eigenvalue weighted by atomic mass is 10.1. The summed E-state index contributed by atoms with van der Waals surface area (Å²) in [5.74, 6) is -0.570. The van der Waals surface area contributed by atoms with Crippen molar-refractivity contribution in [2.75, 3.05) is 43.1 Å². The fourth-order valence-corrected chi connectivity index (χ4v) is 3.63. The van der Waals surface area contributed by atoms with Gasteiger partial charge in [0.05, 0.1) is 11.6 Å². The molecule has 154 valence electrons. The molecule has 0 radical (unpaired) electrons. The number of aromatic amines is 1. The van der Waals surface area contributed by atoms with E-state index in [1.807, 2.05) is 11.0 Å². The first-order valence-electron chi connectivity index (χ1n) is 9.33. The number of nitrogens with zero attached hydrogens (tertiary/aromatic N) is 5. The van der Waals surface area contributed by atoms with Crippen LogP contribution in [-0.4, -0.2) is 53.3 Å². The van der Waals surface area contributed by atoms with E-state index in [1.165, 1.54) is 23.9 Å². The summed E-state index contributed by atoms with van der Waals surface area (Å²) in [6.07, 6.45) is -0.391. The largest absolute Gasteiger partial charge is 0.377 e. The number of H-pyrrole nitrogens is 1. The molecule has 1 fully saturated rings. The summed E-state index contributed by atoms with van der Waals surface area (Å²) < 4.78 is 36.0. The van der Waals surface area contributed by atoms with Gasteiger partial charge in [0, 0.05) is 46.4 Å². The monoisotopic (exact) mass is 404 g/mol. The van der Waals surface area contributed by atoms with Gasteiger partial charge in [0.25, 0.3) is 5.56 Å². The lowest BCUT2D eigenvalue weighted by Gasteiger charge is -2.37. The highest BCUT2D eigenvalue weighted by Crippen LogP contribution is 2.29. The van der Waals surface area contributed by atoms with Gasteiger partial charge in [-0.2, -0.15) is 0 Å². The van der Waals surface area contributed by atoms with Crippen LogP contribution < -0.4 is 15.4 Å². The second-order valence-electron chi connectivity index (χ2n) is 7.12. The summed E-state index contributed by atoms with van der Waals surface area (Å²) >= 11 is 0. The normalized spacial score (nSPS) is 15.9. The molecule has 1 atom stereocenters. The Hall–Kier alpha value is -3.01. The number of aryl methyl sites for hydroxylation is 1. The van der Waals surface area contributed by atoms with Crippen molar-refractivity contribution in [2.24, 2.45) is 7.05 Å². The first-order chi connectivity index (χ1) is 13.9. The number of anilines is 2. The molecule has 3 heterocycles. The minimum absolute atomic E-state index is 0.0310. The van der Waals surface area contributed by atoms with Crippen molar-refractivity contribution in [3.63, 3.8) is 0 Å². The molecule has 4 rings (SSSR count). The highest BCUT2D eigenvalue weighted by molar-refractivity contribution is 5.76. The third kappa shape index (κ3) is 3.44. The number of piperazine rings is 1. The Morgan fingerprint density at radius 2 is 1.72 bits per heavy atom. The van der Waals surface area contributed by atoms with Crippen LogP contribution in [-0.2, 0) is 11.8 Å². The Kier molecular flexibility index (Phi) is 4.95. The van der Waals surface area contributed by atoms with Gasteiger partial charge in [0.1, 0.15) is 23.1 Å². The van der Waals surface area contributed by atoms with E-state index in [9.17, 15) is 13.6 Å². The van der Waals surface area contributed by atoms with E-state index in [0.29, 0.717) is 43.1 Å². The van der Waals surface area contributed by atoms with Gasteiger partial charge in [-0.1, -0.05) is 5.21 Å². The summed E-state index contributed by atoms with van der Waals surface area (Å²) in [5, 5.41) is 7.72. The number of halogens is 2. The highest BCUT2D eigenvalue weighted by Gasteiger charge is 2.25. The second-order valence-corrected chi connectivity index (χ2v) is 7.12. The van der Waals surface area contributed by atoms with Crippen LogP contribution in [0.2, 0.25) is 0 Å². The molecular weight excluding hydrogens is 382 g/mol. The lowest BCUT2D eigenvalue weighted by molar-refractivity contribution is 0.119. The summed E-state index contributed by atoms with van der Waals surface area (Å²) in [4.78, 5) is 18.7. The molecule has 1 aromatic carbocycles. The third-order valence-corrected chi connectivity index (χ3v) is 5.40. The van der Waals surface area contributed by atoms with E-state index in [1.54, 1.807) is 18.9 Å². The summed E-state index contributed by atoms with van der Waals surface area (Å²) in [6, 6.07) is 4.45. The predicted molar refractivity (Wildman–Crippen MR) is 105 cm³/mol. The second kappa shape index (κ2) is 7.43. The minimum Gasteiger partial charge on any atom is -0.377 e. The summed E-state index contributed by atoms with van der Waals surface area (Å²) in [7, 11) is 3.22. The van der Waals surface area contributed by atoms with Crippen molar-refractivity contribution in [2.45, 2.75) is 13.0 Å². The van der Waals surface area contributed by atoms with Crippen molar-refractivity contribution in [3.05, 3.63) is 45.8 Å². The molecule has 3 aromatic rings. The molecule has 1 saturated heterocycles. The Bertz CT molecular complexity index is 1080. The van der Waals surface area contributed by atoms with Crippen molar-refractivity contribution in [1.29, 1.82) is 0 Å². The van der Waals surface area contributed by atoms with Crippen LogP contribution in [0.3, 0.4) is 0 Å². The zero-order valence-electron chi connectivity index (χ0n) is 16.4. The predicted octanol–water partition coefficient (Wildman–Crippen LogP) is 1.97. The molecule has 1 aliphatic heterocycles. The van der Waals surface area contributed by atoms with Crippen LogP contribution in [0.4, 0.5) is 20.3 Å². The van der Waals surface area contributed by atoms with E-state index in [0.717, 1.165) is 0 Å². The van der Waals surface area contributed by atoms with Crippen LogP contribution >= 0.6 is 0 Å². The number of ether oxygens (including phenoxy) is 1. The molecule has 10 heteroatoms. The molecule has 29 heavy (non-hydrogen) atoms. The molecule has 1 unspecified atom stereocenters. The maximum atomic E-state index is 14.6. The van der Waals surface area contributed by atoms with Gasteiger partial charge in [0.15, 0.2) is 5.52 Å². The molecule has 1 N–H and O–H groups in total. The van der Waals surface area contributed by atoms with Crippen molar-refractivity contribution < 1.29 is 13.5 Å². The van der Waals surface area contributed by atoms with E-state index < -0.39 is 17.7 Å². The van der Waals surface area contributed by atoms with Crippen LogP contribution in [0, 0.1) is 11.6 Å². The molecule has 1 aliphatic rings. The molecule has 8 nitrogen and oxygen atoms in total. The Morgan fingerprint density at radius 3 is 2.34 bits per heavy atom. The highest BCUT2D eigenvalue weighted by atomic mass is 19.1. The molecule has 0 saturated carbocycles. The number of pyridine rings is 1. The standard InChI is InChI=1S/C19H22F2N6O2/c1-11(29-3)12-8-13(20)18(14(21)9-12)27-6-4-26(5-7-27)16-10-15-17(19(28)22-16)23-24-25(15)2/h8-11H,4-7H2,1-3H3,(H,22,28). The number of hydrogen-bond acceptors (Lipinski definition) is 6. The first-order valence-corrected chi connectivity index (χ1v) is 9.33. The number of rotatable bonds is 4. The van der Waals surface area contributed by atoms with Gasteiger partial charge in [-0.05, 0) is 24.6 Å². The van der Waals surface area contributed by atoms with Crippen LogP contribution in [0.15, 0.2) is 23.0 Å². The van der Waals surface area contributed by atoms with Crippen LogP contribution in [0.5, 0.6) is 0 Å². The van der Waals surface area contributed by atoms with Gasteiger partial charge in [-0.15, -0.1) is 5.10 Å². The first kappa shape index (κ1) is 19.3. The number of aromatic nitrogens is 4.